The Bertz CT molecular complexity index is 725. The number of hydrogen-bond donors (Lipinski definition) is 0. The van der Waals surface area contributed by atoms with Gasteiger partial charge < -0.3 is 0 Å². The first-order valence-corrected chi connectivity index (χ1v) is 6.82. The fourth-order valence-electron chi connectivity index (χ4n) is 2.71. The van der Waals surface area contributed by atoms with E-state index in [0.717, 1.165) is 22.6 Å². The van der Waals surface area contributed by atoms with Crippen LogP contribution < -0.4 is 0 Å². The van der Waals surface area contributed by atoms with Crippen molar-refractivity contribution >= 4 is 11.0 Å². The topological polar surface area (TPSA) is 30.7 Å². The summed E-state index contributed by atoms with van der Waals surface area (Å²) in [7, 11) is 0. The van der Waals surface area contributed by atoms with Crippen molar-refractivity contribution < 1.29 is 0 Å². The van der Waals surface area contributed by atoms with E-state index < -0.39 is 0 Å². The molecule has 1 saturated carbocycles. The van der Waals surface area contributed by atoms with Gasteiger partial charge in [0.25, 0.3) is 0 Å². The predicted molar refractivity (Wildman–Crippen MR) is 75.5 cm³/mol. The Labute approximate surface area is 111 Å². The molecule has 1 heterocycles. The van der Waals surface area contributed by atoms with E-state index in [1.807, 2.05) is 22.9 Å². The Kier molecular flexibility index (Phi) is 2.37. The Hall–Kier alpha value is -2.16. The summed E-state index contributed by atoms with van der Waals surface area (Å²) in [5.41, 5.74) is 4.55. The highest BCUT2D eigenvalue weighted by molar-refractivity contribution is 5.75. The molecule has 0 atom stereocenters. The first kappa shape index (κ1) is 10.7. The van der Waals surface area contributed by atoms with Gasteiger partial charge in [-0.1, -0.05) is 35.9 Å². The molecule has 0 saturated heterocycles. The molecule has 3 aromatic rings. The van der Waals surface area contributed by atoms with Crippen LogP contribution in [0.4, 0.5) is 0 Å². The third kappa shape index (κ3) is 1.73. The molecular formula is C16H15N3. The molecule has 0 bridgehead atoms. The zero-order valence-electron chi connectivity index (χ0n) is 10.7. The molecule has 2 aromatic carbocycles. The van der Waals surface area contributed by atoms with Crippen LogP contribution in [0.2, 0.25) is 0 Å². The second kappa shape index (κ2) is 4.19. The standard InChI is InChI=1S/C16H15N3/c1-2-10-16-15(9-1)17-18-19(16)14-8-4-7-13(11-14)12-5-3-6-12/h1-2,4,7-12H,3,5-6H2. The Morgan fingerprint density at radius 1 is 1.00 bits per heavy atom. The van der Waals surface area contributed by atoms with E-state index >= 15 is 0 Å². The average molecular weight is 249 g/mol. The van der Waals surface area contributed by atoms with Crippen molar-refractivity contribution in [3.63, 3.8) is 0 Å². The fraction of sp³-hybridized carbons (Fsp3) is 0.250. The molecule has 0 N–H and O–H groups in total. The molecule has 0 unspecified atom stereocenters. The molecule has 1 aliphatic carbocycles. The van der Waals surface area contributed by atoms with E-state index in [1.54, 1.807) is 0 Å². The maximum atomic E-state index is 4.28. The van der Waals surface area contributed by atoms with Crippen LogP contribution in [0.1, 0.15) is 30.7 Å². The highest BCUT2D eigenvalue weighted by atomic mass is 15.4. The number of para-hydroxylation sites is 1. The quantitative estimate of drug-likeness (QED) is 0.693. The number of benzene rings is 2. The van der Waals surface area contributed by atoms with Crippen LogP contribution in [-0.2, 0) is 0 Å². The van der Waals surface area contributed by atoms with Crippen LogP contribution in [0.3, 0.4) is 0 Å². The molecule has 0 spiro atoms. The van der Waals surface area contributed by atoms with Crippen LogP contribution in [0.5, 0.6) is 0 Å². The summed E-state index contributed by atoms with van der Waals surface area (Å²) in [5.74, 6) is 0.745. The van der Waals surface area contributed by atoms with Gasteiger partial charge in [0.2, 0.25) is 0 Å². The van der Waals surface area contributed by atoms with Crippen molar-refractivity contribution in [1.82, 2.24) is 15.0 Å². The SMILES string of the molecule is c1cc(C2CCC2)cc(-n2nnc3ccccc32)c1. The normalized spacial score (nSPS) is 15.6. The minimum atomic E-state index is 0.745. The number of nitrogens with zero attached hydrogens (tertiary/aromatic N) is 3. The molecule has 19 heavy (non-hydrogen) atoms. The van der Waals surface area contributed by atoms with E-state index in [-0.39, 0.29) is 0 Å². The Morgan fingerprint density at radius 3 is 2.74 bits per heavy atom. The lowest BCUT2D eigenvalue weighted by molar-refractivity contribution is 0.419. The minimum absolute atomic E-state index is 0.745. The summed E-state index contributed by atoms with van der Waals surface area (Å²) in [5, 5.41) is 8.49. The van der Waals surface area contributed by atoms with Crippen LogP contribution in [0.15, 0.2) is 48.5 Å². The van der Waals surface area contributed by atoms with Gasteiger partial charge in [0.05, 0.1) is 11.2 Å². The van der Waals surface area contributed by atoms with Gasteiger partial charge in [0, 0.05) is 0 Å². The number of aromatic nitrogens is 3. The maximum Gasteiger partial charge on any atom is 0.113 e. The third-order valence-corrected chi connectivity index (χ3v) is 4.04. The number of rotatable bonds is 2. The van der Waals surface area contributed by atoms with Gasteiger partial charge in [0.15, 0.2) is 0 Å². The molecule has 1 aliphatic rings. The molecule has 4 rings (SSSR count). The largest absolute Gasteiger partial charge is 0.213 e. The summed E-state index contributed by atoms with van der Waals surface area (Å²) in [6, 6.07) is 16.8. The van der Waals surface area contributed by atoms with Gasteiger partial charge in [-0.2, -0.15) is 0 Å². The lowest BCUT2D eigenvalue weighted by atomic mass is 9.80. The zero-order valence-corrected chi connectivity index (χ0v) is 10.7. The lowest BCUT2D eigenvalue weighted by Gasteiger charge is -2.26. The lowest BCUT2D eigenvalue weighted by Crippen LogP contribution is -2.09. The summed E-state index contributed by atoms with van der Waals surface area (Å²) in [4.78, 5) is 0. The van der Waals surface area contributed by atoms with Crippen molar-refractivity contribution in [2.24, 2.45) is 0 Å². The highest BCUT2D eigenvalue weighted by Gasteiger charge is 2.19. The van der Waals surface area contributed by atoms with Crippen molar-refractivity contribution in [3.05, 3.63) is 54.1 Å². The van der Waals surface area contributed by atoms with Gasteiger partial charge in [-0.25, -0.2) is 4.68 Å². The van der Waals surface area contributed by atoms with E-state index in [4.69, 9.17) is 0 Å². The average Bonchev–Trinajstić information content (AvgIpc) is 2.81. The van der Waals surface area contributed by atoms with Crippen LogP contribution in [0, 0.1) is 0 Å². The molecule has 1 aromatic heterocycles. The van der Waals surface area contributed by atoms with Gasteiger partial charge >= 0.3 is 0 Å². The first-order chi connectivity index (χ1) is 9.42. The first-order valence-electron chi connectivity index (χ1n) is 6.82. The third-order valence-electron chi connectivity index (χ3n) is 4.04. The van der Waals surface area contributed by atoms with Gasteiger partial charge in [0.1, 0.15) is 5.52 Å². The van der Waals surface area contributed by atoms with E-state index in [1.165, 1.54) is 24.8 Å². The fourth-order valence-corrected chi connectivity index (χ4v) is 2.71. The zero-order chi connectivity index (χ0) is 12.7. The molecule has 0 aliphatic heterocycles. The van der Waals surface area contributed by atoms with Crippen LogP contribution >= 0.6 is 0 Å². The van der Waals surface area contributed by atoms with Crippen molar-refractivity contribution in [2.75, 3.05) is 0 Å². The van der Waals surface area contributed by atoms with Crippen molar-refractivity contribution in [3.8, 4) is 5.69 Å². The monoisotopic (exact) mass is 249 g/mol. The van der Waals surface area contributed by atoms with E-state index in [0.29, 0.717) is 0 Å². The molecule has 0 amide bonds. The molecular weight excluding hydrogens is 234 g/mol. The van der Waals surface area contributed by atoms with Crippen molar-refractivity contribution in [1.29, 1.82) is 0 Å². The number of fused-ring (bicyclic) bond motifs is 1. The molecule has 3 heteroatoms. The van der Waals surface area contributed by atoms with Gasteiger partial charge in [-0.3, -0.25) is 0 Å². The predicted octanol–water partition coefficient (Wildman–Crippen LogP) is 3.69. The molecule has 1 fully saturated rings. The summed E-state index contributed by atoms with van der Waals surface area (Å²) >= 11 is 0. The number of hydrogen-bond acceptors (Lipinski definition) is 2. The minimum Gasteiger partial charge on any atom is -0.213 e. The second-order valence-corrected chi connectivity index (χ2v) is 5.21. The van der Waals surface area contributed by atoms with Crippen LogP contribution in [0.25, 0.3) is 16.7 Å². The Balaban J connectivity index is 1.83. The smallest absolute Gasteiger partial charge is 0.113 e. The highest BCUT2D eigenvalue weighted by Crippen LogP contribution is 2.36. The maximum absolute atomic E-state index is 4.28. The summed E-state index contributed by atoms with van der Waals surface area (Å²) in [6.45, 7) is 0. The van der Waals surface area contributed by atoms with Gasteiger partial charge in [-0.15, -0.1) is 5.10 Å². The molecule has 0 radical (unpaired) electrons. The van der Waals surface area contributed by atoms with Crippen LogP contribution in [-0.4, -0.2) is 15.0 Å². The van der Waals surface area contributed by atoms with Crippen molar-refractivity contribution in [2.45, 2.75) is 25.2 Å². The second-order valence-electron chi connectivity index (χ2n) is 5.21. The van der Waals surface area contributed by atoms with E-state index in [2.05, 4.69) is 40.6 Å². The summed E-state index contributed by atoms with van der Waals surface area (Å²) < 4.78 is 1.93. The van der Waals surface area contributed by atoms with Gasteiger partial charge in [-0.05, 0) is 48.6 Å². The Morgan fingerprint density at radius 2 is 1.89 bits per heavy atom. The van der Waals surface area contributed by atoms with E-state index in [9.17, 15) is 0 Å². The summed E-state index contributed by atoms with van der Waals surface area (Å²) in [6.07, 6.45) is 4.00. The molecule has 94 valence electrons. The molecule has 3 nitrogen and oxygen atoms in total.